The van der Waals surface area contributed by atoms with Crippen molar-refractivity contribution in [1.29, 1.82) is 0 Å². The van der Waals surface area contributed by atoms with Crippen LogP contribution in [0.3, 0.4) is 0 Å². The molecule has 0 aliphatic carbocycles. The number of aliphatic hydroxyl groups excluding tert-OH is 2. The molecule has 0 bridgehead atoms. The lowest BCUT2D eigenvalue weighted by Crippen LogP contribution is -2.37. The van der Waals surface area contributed by atoms with Crippen LogP contribution >= 0.6 is 0 Å². The van der Waals surface area contributed by atoms with Crippen LogP contribution in [-0.4, -0.2) is 87.5 Å². The predicted molar refractivity (Wildman–Crippen MR) is 187 cm³/mol. The minimum absolute atomic E-state index is 0.0761. The second kappa shape index (κ2) is 23.8. The Morgan fingerprint density at radius 3 is 0.918 bits per heavy atom. The highest BCUT2D eigenvalue weighted by Gasteiger charge is 2.20. The van der Waals surface area contributed by atoms with Gasteiger partial charge in [-0.15, -0.1) is 0 Å². The Labute approximate surface area is 290 Å². The quantitative estimate of drug-likeness (QED) is 0.0911. The third-order valence-electron chi connectivity index (χ3n) is 7.43. The van der Waals surface area contributed by atoms with Gasteiger partial charge in [-0.1, -0.05) is 121 Å². The molecule has 0 amide bonds. The van der Waals surface area contributed by atoms with Gasteiger partial charge in [0.1, 0.15) is 24.4 Å². The van der Waals surface area contributed by atoms with E-state index in [1.54, 1.807) is 0 Å². The molecule has 0 radical (unpaired) electrons. The first-order chi connectivity index (χ1) is 24.2. The standard InChI is InChI=1S/C40H50O9/c41-21-37(42)26-47-40(31-48-38(27-43-22-33-13-5-1-6-14-33)28-44-23-34-15-7-2-8-16-34)32-49-39(29-45-24-35-17-9-3-10-18-35)30-46-25-36-19-11-4-12-20-36/h1-20,37-42H,21-32H2. The molecule has 49 heavy (non-hydrogen) atoms. The van der Waals surface area contributed by atoms with Crippen LogP contribution < -0.4 is 0 Å². The second-order valence-corrected chi connectivity index (χ2v) is 11.7. The zero-order valence-corrected chi connectivity index (χ0v) is 28.1. The van der Waals surface area contributed by atoms with E-state index in [1.807, 2.05) is 121 Å². The number of benzene rings is 4. The van der Waals surface area contributed by atoms with Crippen molar-refractivity contribution in [1.82, 2.24) is 0 Å². The normalized spacial score (nSPS) is 12.3. The minimum atomic E-state index is -1.03. The summed E-state index contributed by atoms with van der Waals surface area (Å²) in [6.07, 6.45) is -2.36. The summed E-state index contributed by atoms with van der Waals surface area (Å²) >= 11 is 0. The Bertz CT molecular complexity index is 1160. The summed E-state index contributed by atoms with van der Waals surface area (Å²) in [4.78, 5) is 0. The SMILES string of the molecule is OCC(O)COC(COC(COCc1ccccc1)COCc1ccccc1)COC(COCc1ccccc1)COCc1ccccc1. The van der Waals surface area contributed by atoms with Gasteiger partial charge < -0.3 is 43.4 Å². The van der Waals surface area contributed by atoms with E-state index >= 15 is 0 Å². The monoisotopic (exact) mass is 674 g/mol. The van der Waals surface area contributed by atoms with Crippen molar-refractivity contribution in [2.24, 2.45) is 0 Å². The summed E-state index contributed by atoms with van der Waals surface area (Å²) in [5.74, 6) is 0. The maximum Gasteiger partial charge on any atom is 0.104 e. The van der Waals surface area contributed by atoms with E-state index in [1.165, 1.54) is 0 Å². The largest absolute Gasteiger partial charge is 0.394 e. The van der Waals surface area contributed by atoms with Crippen molar-refractivity contribution in [2.75, 3.05) is 52.9 Å². The second-order valence-electron chi connectivity index (χ2n) is 11.7. The van der Waals surface area contributed by atoms with Gasteiger partial charge in [0.25, 0.3) is 0 Å². The molecule has 4 aromatic rings. The molecule has 0 aromatic heterocycles. The fourth-order valence-corrected chi connectivity index (χ4v) is 4.75. The zero-order valence-electron chi connectivity index (χ0n) is 28.1. The molecular weight excluding hydrogens is 624 g/mol. The average Bonchev–Trinajstić information content (AvgIpc) is 3.15. The highest BCUT2D eigenvalue weighted by molar-refractivity contribution is 5.15. The van der Waals surface area contributed by atoms with Crippen molar-refractivity contribution in [2.45, 2.75) is 50.8 Å². The van der Waals surface area contributed by atoms with E-state index in [-0.39, 0.29) is 32.0 Å². The Kier molecular flexibility index (Phi) is 18.6. The Morgan fingerprint density at radius 1 is 0.367 bits per heavy atom. The van der Waals surface area contributed by atoms with Gasteiger partial charge in [0.05, 0.1) is 79.3 Å². The average molecular weight is 675 g/mol. The van der Waals surface area contributed by atoms with E-state index in [2.05, 4.69) is 0 Å². The molecule has 1 atom stereocenters. The number of ether oxygens (including phenoxy) is 7. The van der Waals surface area contributed by atoms with E-state index in [4.69, 9.17) is 33.2 Å². The highest BCUT2D eigenvalue weighted by atomic mass is 16.6. The van der Waals surface area contributed by atoms with E-state index in [9.17, 15) is 10.2 Å². The number of hydrogen-bond acceptors (Lipinski definition) is 9. The van der Waals surface area contributed by atoms with Crippen LogP contribution in [0.25, 0.3) is 0 Å². The molecule has 0 spiro atoms. The van der Waals surface area contributed by atoms with Gasteiger partial charge in [0, 0.05) is 0 Å². The number of aliphatic hydroxyl groups is 2. The summed E-state index contributed by atoms with van der Waals surface area (Å²) in [7, 11) is 0. The van der Waals surface area contributed by atoms with Gasteiger partial charge in [0.2, 0.25) is 0 Å². The highest BCUT2D eigenvalue weighted by Crippen LogP contribution is 2.10. The minimum Gasteiger partial charge on any atom is -0.394 e. The summed E-state index contributed by atoms with van der Waals surface area (Å²) in [5.41, 5.74) is 4.26. The van der Waals surface area contributed by atoms with Gasteiger partial charge in [-0.2, -0.15) is 0 Å². The van der Waals surface area contributed by atoms with Crippen molar-refractivity contribution in [3.8, 4) is 0 Å². The van der Waals surface area contributed by atoms with Crippen LogP contribution in [0.5, 0.6) is 0 Å². The van der Waals surface area contributed by atoms with Gasteiger partial charge in [-0.05, 0) is 22.3 Å². The summed E-state index contributed by atoms with van der Waals surface area (Å²) in [5, 5.41) is 19.4. The molecular formula is C40H50O9. The molecule has 0 saturated carbocycles. The van der Waals surface area contributed by atoms with Crippen molar-refractivity contribution < 1.29 is 43.4 Å². The summed E-state index contributed by atoms with van der Waals surface area (Å²) in [6, 6.07) is 39.8. The van der Waals surface area contributed by atoms with Gasteiger partial charge in [-0.3, -0.25) is 0 Å². The zero-order chi connectivity index (χ0) is 34.2. The first kappa shape index (κ1) is 38.3. The third-order valence-corrected chi connectivity index (χ3v) is 7.43. The van der Waals surface area contributed by atoms with Gasteiger partial charge in [0.15, 0.2) is 0 Å². The number of rotatable bonds is 26. The van der Waals surface area contributed by atoms with E-state index in [0.29, 0.717) is 52.9 Å². The van der Waals surface area contributed by atoms with Crippen LogP contribution in [0.1, 0.15) is 22.3 Å². The number of hydrogen-bond donors (Lipinski definition) is 2. The van der Waals surface area contributed by atoms with Crippen molar-refractivity contribution >= 4 is 0 Å². The lowest BCUT2D eigenvalue weighted by Gasteiger charge is -2.26. The molecule has 9 nitrogen and oxygen atoms in total. The molecule has 264 valence electrons. The van der Waals surface area contributed by atoms with Gasteiger partial charge >= 0.3 is 0 Å². The smallest absolute Gasteiger partial charge is 0.104 e. The molecule has 0 fully saturated rings. The molecule has 2 N–H and O–H groups in total. The Hall–Kier alpha value is -3.48. The molecule has 4 aromatic carbocycles. The fourth-order valence-electron chi connectivity index (χ4n) is 4.75. The lowest BCUT2D eigenvalue weighted by atomic mass is 10.2. The molecule has 0 aliphatic heterocycles. The topological polar surface area (TPSA) is 105 Å². The molecule has 0 aliphatic rings. The maximum absolute atomic E-state index is 10.0. The Balaban J connectivity index is 1.34. The van der Waals surface area contributed by atoms with Crippen molar-refractivity contribution in [3.63, 3.8) is 0 Å². The summed E-state index contributed by atoms with van der Waals surface area (Å²) in [6.45, 7) is 2.80. The van der Waals surface area contributed by atoms with Crippen LogP contribution in [0.4, 0.5) is 0 Å². The first-order valence-corrected chi connectivity index (χ1v) is 16.8. The van der Waals surface area contributed by atoms with Crippen LogP contribution in [0, 0.1) is 0 Å². The summed E-state index contributed by atoms with van der Waals surface area (Å²) < 4.78 is 42.6. The lowest BCUT2D eigenvalue weighted by molar-refractivity contribution is -0.141. The van der Waals surface area contributed by atoms with E-state index < -0.39 is 18.8 Å². The predicted octanol–water partition coefficient (Wildman–Crippen LogP) is 5.36. The van der Waals surface area contributed by atoms with Crippen LogP contribution in [0.2, 0.25) is 0 Å². The van der Waals surface area contributed by atoms with Gasteiger partial charge in [-0.25, -0.2) is 0 Å². The van der Waals surface area contributed by atoms with E-state index in [0.717, 1.165) is 22.3 Å². The fraction of sp³-hybridized carbons (Fsp3) is 0.400. The third kappa shape index (κ3) is 16.7. The molecule has 0 saturated heterocycles. The molecule has 0 heterocycles. The van der Waals surface area contributed by atoms with Crippen molar-refractivity contribution in [3.05, 3.63) is 144 Å². The van der Waals surface area contributed by atoms with Crippen LogP contribution in [0.15, 0.2) is 121 Å². The Morgan fingerprint density at radius 2 is 0.633 bits per heavy atom. The first-order valence-electron chi connectivity index (χ1n) is 16.8. The molecule has 4 rings (SSSR count). The maximum atomic E-state index is 10.0. The molecule has 9 heteroatoms. The van der Waals surface area contributed by atoms with Crippen LogP contribution in [-0.2, 0) is 59.6 Å². The molecule has 1 unspecified atom stereocenters.